The van der Waals surface area contributed by atoms with Crippen molar-refractivity contribution < 1.29 is 15.1 Å². The van der Waals surface area contributed by atoms with Crippen molar-refractivity contribution in [2.24, 2.45) is 0 Å². The highest BCUT2D eigenvalue weighted by atomic mass is 16.6. The van der Waals surface area contributed by atoms with E-state index in [-0.39, 0.29) is 18.9 Å². The third-order valence-electron chi connectivity index (χ3n) is 3.08. The van der Waals surface area contributed by atoms with E-state index in [2.05, 4.69) is 10.3 Å². The Balaban J connectivity index is 2.56. The number of rotatable bonds is 5. The Morgan fingerprint density at radius 3 is 2.65 bits per heavy atom. The van der Waals surface area contributed by atoms with Gasteiger partial charge >= 0.3 is 0 Å². The van der Waals surface area contributed by atoms with Crippen molar-refractivity contribution >= 4 is 22.3 Å². The number of nitrogens with zero attached hydrogens (tertiary/aromatic N) is 2. The van der Waals surface area contributed by atoms with Crippen LogP contribution in [-0.4, -0.2) is 38.9 Å². The lowest BCUT2D eigenvalue weighted by atomic mass is 10.0. The van der Waals surface area contributed by atoms with Crippen LogP contribution < -0.4 is 5.32 Å². The third kappa shape index (κ3) is 2.54. The number of nitro groups is 1. The zero-order valence-electron chi connectivity index (χ0n) is 10.9. The quantitative estimate of drug-likeness (QED) is 0.561. The maximum absolute atomic E-state index is 11.0. The molecule has 0 aliphatic rings. The Kier molecular flexibility index (Phi) is 3.82. The van der Waals surface area contributed by atoms with Crippen molar-refractivity contribution in [1.82, 2.24) is 4.98 Å². The number of fused-ring (bicyclic) bond motifs is 1. The van der Waals surface area contributed by atoms with Crippen molar-refractivity contribution in [2.75, 3.05) is 18.5 Å². The number of hydrogen-bond acceptors (Lipinski definition) is 6. The average Bonchev–Trinajstić information content (AvgIpc) is 2.47. The predicted molar refractivity (Wildman–Crippen MR) is 74.6 cm³/mol. The summed E-state index contributed by atoms with van der Waals surface area (Å²) in [7, 11) is 0. The van der Waals surface area contributed by atoms with E-state index in [1.807, 2.05) is 0 Å². The van der Waals surface area contributed by atoms with Crippen molar-refractivity contribution in [1.29, 1.82) is 0 Å². The number of nitrogens with one attached hydrogen (secondary N) is 1. The molecule has 7 nitrogen and oxygen atoms in total. The number of hydrogen-bond donors (Lipinski definition) is 3. The fourth-order valence-electron chi connectivity index (χ4n) is 1.87. The van der Waals surface area contributed by atoms with Gasteiger partial charge in [0.1, 0.15) is 5.52 Å². The molecule has 3 N–H and O–H groups in total. The molecule has 0 saturated carbocycles. The van der Waals surface area contributed by atoms with Gasteiger partial charge in [0.25, 0.3) is 5.69 Å². The first-order valence-electron chi connectivity index (χ1n) is 6.03. The first-order chi connectivity index (χ1) is 9.50. The number of nitro benzene ring substituents is 1. The van der Waals surface area contributed by atoms with Crippen LogP contribution in [0, 0.1) is 10.1 Å². The predicted octanol–water partition coefficient (Wildman–Crippen LogP) is 1.30. The van der Waals surface area contributed by atoms with Gasteiger partial charge in [-0.15, -0.1) is 0 Å². The smallest absolute Gasteiger partial charge is 0.278 e. The number of aliphatic hydroxyl groups is 2. The molecular weight excluding hydrogens is 262 g/mol. The van der Waals surface area contributed by atoms with Crippen LogP contribution in [0.4, 0.5) is 11.4 Å². The Bertz CT molecular complexity index is 641. The first-order valence-corrected chi connectivity index (χ1v) is 6.03. The molecule has 106 valence electrons. The van der Waals surface area contributed by atoms with E-state index >= 15 is 0 Å². The van der Waals surface area contributed by atoms with Gasteiger partial charge in [-0.1, -0.05) is 0 Å². The zero-order valence-corrected chi connectivity index (χ0v) is 10.9. The lowest BCUT2D eigenvalue weighted by Crippen LogP contribution is -2.42. The number of aliphatic hydroxyl groups excluding tert-OH is 2. The molecule has 1 heterocycles. The van der Waals surface area contributed by atoms with Gasteiger partial charge in [0.15, 0.2) is 0 Å². The van der Waals surface area contributed by atoms with E-state index in [0.29, 0.717) is 16.6 Å². The molecular formula is C13H15N3O4. The van der Waals surface area contributed by atoms with Crippen molar-refractivity contribution in [3.05, 3.63) is 40.6 Å². The molecule has 0 spiro atoms. The molecule has 1 aromatic carbocycles. The lowest BCUT2D eigenvalue weighted by molar-refractivity contribution is -0.383. The molecule has 0 atom stereocenters. The topological polar surface area (TPSA) is 109 Å². The molecule has 0 saturated heterocycles. The van der Waals surface area contributed by atoms with E-state index in [1.54, 1.807) is 19.1 Å². The van der Waals surface area contributed by atoms with Gasteiger partial charge in [0, 0.05) is 12.3 Å². The second-order valence-electron chi connectivity index (χ2n) is 4.79. The fraction of sp³-hybridized carbons (Fsp3) is 0.308. The summed E-state index contributed by atoms with van der Waals surface area (Å²) in [6.45, 7) is 1.08. The van der Waals surface area contributed by atoms with Crippen LogP contribution in [0.5, 0.6) is 0 Å². The van der Waals surface area contributed by atoms with Crippen LogP contribution >= 0.6 is 0 Å². The molecule has 20 heavy (non-hydrogen) atoms. The Morgan fingerprint density at radius 1 is 1.35 bits per heavy atom. The summed E-state index contributed by atoms with van der Waals surface area (Å²) in [6, 6.07) is 6.13. The van der Waals surface area contributed by atoms with E-state index in [0.717, 1.165) is 0 Å². The van der Waals surface area contributed by atoms with Gasteiger partial charge in [-0.2, -0.15) is 0 Å². The van der Waals surface area contributed by atoms with E-state index in [9.17, 15) is 20.3 Å². The second-order valence-corrected chi connectivity index (χ2v) is 4.79. The molecule has 0 aliphatic heterocycles. The van der Waals surface area contributed by atoms with Crippen LogP contribution in [0.2, 0.25) is 0 Å². The lowest BCUT2D eigenvalue weighted by Gasteiger charge is -2.27. The largest absolute Gasteiger partial charge is 0.394 e. The summed E-state index contributed by atoms with van der Waals surface area (Å²) in [5.41, 5.74) is -0.0133. The molecule has 0 fully saturated rings. The normalized spacial score (nSPS) is 11.6. The Labute approximate surface area is 115 Å². The molecule has 7 heteroatoms. The maximum Gasteiger partial charge on any atom is 0.278 e. The monoisotopic (exact) mass is 277 g/mol. The van der Waals surface area contributed by atoms with Gasteiger partial charge in [-0.25, -0.2) is 0 Å². The molecule has 0 bridgehead atoms. The molecule has 2 aromatic rings. The molecule has 0 radical (unpaired) electrons. The number of aromatic nitrogens is 1. The summed E-state index contributed by atoms with van der Waals surface area (Å²) in [6.07, 6.45) is 1.53. The summed E-state index contributed by atoms with van der Waals surface area (Å²) in [5.74, 6) is 0. The minimum absolute atomic E-state index is 0.0339. The van der Waals surface area contributed by atoms with E-state index in [1.165, 1.54) is 18.3 Å². The number of non-ortho nitro benzene ring substituents is 1. The van der Waals surface area contributed by atoms with Crippen LogP contribution in [0.1, 0.15) is 6.92 Å². The highest BCUT2D eigenvalue weighted by molar-refractivity contribution is 5.96. The average molecular weight is 277 g/mol. The second kappa shape index (κ2) is 5.40. The number of anilines is 1. The van der Waals surface area contributed by atoms with E-state index < -0.39 is 10.5 Å². The van der Waals surface area contributed by atoms with Crippen LogP contribution in [0.25, 0.3) is 10.9 Å². The van der Waals surface area contributed by atoms with Crippen molar-refractivity contribution in [2.45, 2.75) is 12.5 Å². The standard InChI is InChI=1S/C13H15N3O4/c1-13(7-17,8-18)15-10-4-5-11(16(19)20)9-3-2-6-14-12(9)10/h2-6,15,17-18H,7-8H2,1H3. The van der Waals surface area contributed by atoms with Crippen molar-refractivity contribution in [3.63, 3.8) is 0 Å². The van der Waals surface area contributed by atoms with Crippen LogP contribution in [0.15, 0.2) is 30.5 Å². The van der Waals surface area contributed by atoms with E-state index in [4.69, 9.17) is 0 Å². The van der Waals surface area contributed by atoms with Gasteiger partial charge in [-0.05, 0) is 25.1 Å². The summed E-state index contributed by atoms with van der Waals surface area (Å²) >= 11 is 0. The highest BCUT2D eigenvalue weighted by Gasteiger charge is 2.24. The Morgan fingerprint density at radius 2 is 2.05 bits per heavy atom. The maximum atomic E-state index is 11.0. The zero-order chi connectivity index (χ0) is 14.8. The minimum Gasteiger partial charge on any atom is -0.394 e. The van der Waals surface area contributed by atoms with Crippen LogP contribution in [0.3, 0.4) is 0 Å². The summed E-state index contributed by atoms with van der Waals surface area (Å²) in [5, 5.41) is 33.0. The number of pyridine rings is 1. The van der Waals surface area contributed by atoms with Gasteiger partial charge in [0.2, 0.25) is 0 Å². The molecule has 2 rings (SSSR count). The molecule has 0 amide bonds. The summed E-state index contributed by atoms with van der Waals surface area (Å²) in [4.78, 5) is 14.7. The van der Waals surface area contributed by atoms with Gasteiger partial charge < -0.3 is 15.5 Å². The molecule has 1 aromatic heterocycles. The molecule has 0 unspecified atom stereocenters. The first kappa shape index (κ1) is 14.2. The van der Waals surface area contributed by atoms with Gasteiger partial charge in [-0.3, -0.25) is 15.1 Å². The van der Waals surface area contributed by atoms with Crippen molar-refractivity contribution in [3.8, 4) is 0 Å². The third-order valence-corrected chi connectivity index (χ3v) is 3.08. The molecule has 0 aliphatic carbocycles. The SMILES string of the molecule is CC(CO)(CO)Nc1ccc([N+](=O)[O-])c2cccnc12. The van der Waals surface area contributed by atoms with Gasteiger partial charge in [0.05, 0.1) is 34.7 Å². The fourth-order valence-corrected chi connectivity index (χ4v) is 1.87. The minimum atomic E-state index is -0.930. The Hall–Kier alpha value is -2.25. The number of benzene rings is 1. The summed E-state index contributed by atoms with van der Waals surface area (Å²) < 4.78 is 0. The van der Waals surface area contributed by atoms with Crippen LogP contribution in [-0.2, 0) is 0 Å². The highest BCUT2D eigenvalue weighted by Crippen LogP contribution is 2.31.